The first-order valence-electron chi connectivity index (χ1n) is 8.48. The zero-order valence-corrected chi connectivity index (χ0v) is 14.8. The molecule has 5 heteroatoms. The van der Waals surface area contributed by atoms with Gasteiger partial charge in [0.25, 0.3) is 0 Å². The van der Waals surface area contributed by atoms with E-state index in [0.29, 0.717) is 25.9 Å². The number of nitrogens with one attached hydrogen (secondary N) is 2. The summed E-state index contributed by atoms with van der Waals surface area (Å²) in [4.78, 5) is 11.8. The van der Waals surface area contributed by atoms with Crippen LogP contribution in [0.4, 0.5) is 4.79 Å². The Morgan fingerprint density at radius 3 is 2.56 bits per heavy atom. The van der Waals surface area contributed by atoms with E-state index in [2.05, 4.69) is 16.7 Å². The van der Waals surface area contributed by atoms with Crippen LogP contribution in [0.5, 0.6) is 5.75 Å². The van der Waals surface area contributed by atoms with E-state index in [0.717, 1.165) is 22.4 Å². The highest BCUT2D eigenvalue weighted by molar-refractivity contribution is 5.73. The van der Waals surface area contributed by atoms with Gasteiger partial charge in [0.2, 0.25) is 0 Å². The standard InChI is InChI=1S/C20H26N2O3/c1-15-8-9-19(25-2)17(14-15)10-12-21-20(24)22-13-11-18(23)16-6-4-3-5-7-16/h3-9,14,18,23H,10-13H2,1-2H3,(H2,21,22,24). The molecule has 0 heterocycles. The summed E-state index contributed by atoms with van der Waals surface area (Å²) in [5, 5.41) is 15.7. The van der Waals surface area contributed by atoms with Gasteiger partial charge in [-0.3, -0.25) is 0 Å². The predicted octanol–water partition coefficient (Wildman–Crippen LogP) is 2.97. The zero-order valence-electron chi connectivity index (χ0n) is 14.8. The van der Waals surface area contributed by atoms with E-state index in [1.165, 1.54) is 0 Å². The van der Waals surface area contributed by atoms with Crippen LogP contribution in [-0.2, 0) is 6.42 Å². The van der Waals surface area contributed by atoms with Crippen molar-refractivity contribution in [2.24, 2.45) is 0 Å². The van der Waals surface area contributed by atoms with Gasteiger partial charge >= 0.3 is 6.03 Å². The predicted molar refractivity (Wildman–Crippen MR) is 98.9 cm³/mol. The van der Waals surface area contributed by atoms with Gasteiger partial charge in [-0.25, -0.2) is 4.79 Å². The Kier molecular flexibility index (Phi) is 7.29. The Bertz CT molecular complexity index is 674. The molecule has 2 rings (SSSR count). The van der Waals surface area contributed by atoms with Crippen molar-refractivity contribution < 1.29 is 14.6 Å². The fraction of sp³-hybridized carbons (Fsp3) is 0.350. The molecule has 0 fully saturated rings. The number of benzene rings is 2. The Hall–Kier alpha value is -2.53. The maximum absolute atomic E-state index is 11.8. The fourth-order valence-corrected chi connectivity index (χ4v) is 2.64. The average molecular weight is 342 g/mol. The summed E-state index contributed by atoms with van der Waals surface area (Å²) < 4.78 is 5.34. The number of urea groups is 1. The van der Waals surface area contributed by atoms with E-state index in [1.807, 2.05) is 49.4 Å². The molecule has 0 spiro atoms. The highest BCUT2D eigenvalue weighted by Gasteiger charge is 2.08. The second kappa shape index (κ2) is 9.69. The van der Waals surface area contributed by atoms with Gasteiger partial charge < -0.3 is 20.5 Å². The molecule has 0 saturated carbocycles. The number of ether oxygens (including phenoxy) is 1. The molecule has 1 unspecified atom stereocenters. The van der Waals surface area contributed by atoms with Crippen molar-refractivity contribution in [2.75, 3.05) is 20.2 Å². The van der Waals surface area contributed by atoms with Gasteiger partial charge in [0.1, 0.15) is 5.75 Å². The van der Waals surface area contributed by atoms with Crippen molar-refractivity contribution in [3.05, 3.63) is 65.2 Å². The molecule has 0 bridgehead atoms. The number of aliphatic hydroxyl groups excluding tert-OH is 1. The van der Waals surface area contributed by atoms with E-state index in [9.17, 15) is 9.90 Å². The number of methoxy groups -OCH3 is 1. The maximum Gasteiger partial charge on any atom is 0.314 e. The Morgan fingerprint density at radius 2 is 1.84 bits per heavy atom. The van der Waals surface area contributed by atoms with Crippen LogP contribution in [0.25, 0.3) is 0 Å². The third-order valence-electron chi connectivity index (χ3n) is 4.00. The molecule has 0 aliphatic rings. The van der Waals surface area contributed by atoms with Crippen LogP contribution < -0.4 is 15.4 Å². The molecule has 134 valence electrons. The highest BCUT2D eigenvalue weighted by atomic mass is 16.5. The molecule has 2 aromatic rings. The van der Waals surface area contributed by atoms with Crippen LogP contribution in [-0.4, -0.2) is 31.3 Å². The van der Waals surface area contributed by atoms with E-state index >= 15 is 0 Å². The van der Waals surface area contributed by atoms with Crippen LogP contribution in [0.2, 0.25) is 0 Å². The number of carbonyl (C=O) groups is 1. The summed E-state index contributed by atoms with van der Waals surface area (Å²) in [6, 6.07) is 15.2. The maximum atomic E-state index is 11.8. The number of hydrogen-bond acceptors (Lipinski definition) is 3. The first-order valence-corrected chi connectivity index (χ1v) is 8.48. The van der Waals surface area contributed by atoms with Gasteiger partial charge in [0.15, 0.2) is 0 Å². The molecule has 0 aliphatic heterocycles. The van der Waals surface area contributed by atoms with Gasteiger partial charge in [0.05, 0.1) is 13.2 Å². The van der Waals surface area contributed by atoms with Crippen molar-refractivity contribution in [1.82, 2.24) is 10.6 Å². The molecule has 0 saturated heterocycles. The summed E-state index contributed by atoms with van der Waals surface area (Å²) in [6.45, 7) is 2.96. The van der Waals surface area contributed by atoms with Crippen LogP contribution in [0.3, 0.4) is 0 Å². The quantitative estimate of drug-likeness (QED) is 0.691. The fourth-order valence-electron chi connectivity index (χ4n) is 2.64. The third-order valence-corrected chi connectivity index (χ3v) is 4.00. The number of amides is 2. The Balaban J connectivity index is 1.68. The van der Waals surface area contributed by atoms with E-state index in [4.69, 9.17) is 4.74 Å². The van der Waals surface area contributed by atoms with E-state index in [-0.39, 0.29) is 6.03 Å². The van der Waals surface area contributed by atoms with Gasteiger partial charge in [-0.15, -0.1) is 0 Å². The molecule has 0 aliphatic carbocycles. The molecule has 0 aromatic heterocycles. The largest absolute Gasteiger partial charge is 0.496 e. The van der Waals surface area contributed by atoms with E-state index in [1.54, 1.807) is 7.11 Å². The van der Waals surface area contributed by atoms with Gasteiger partial charge in [-0.2, -0.15) is 0 Å². The summed E-state index contributed by atoms with van der Waals surface area (Å²) >= 11 is 0. The van der Waals surface area contributed by atoms with Gasteiger partial charge in [-0.05, 0) is 37.0 Å². The van der Waals surface area contributed by atoms with Crippen molar-refractivity contribution in [3.8, 4) is 5.75 Å². The smallest absolute Gasteiger partial charge is 0.314 e. The molecular formula is C20H26N2O3. The average Bonchev–Trinajstić information content (AvgIpc) is 2.62. The Morgan fingerprint density at radius 1 is 1.12 bits per heavy atom. The second-order valence-electron chi connectivity index (χ2n) is 5.96. The van der Waals surface area contributed by atoms with Crippen molar-refractivity contribution in [2.45, 2.75) is 25.9 Å². The first kappa shape index (κ1) is 18.8. The molecule has 2 aromatic carbocycles. The first-order chi connectivity index (χ1) is 12.1. The third kappa shape index (κ3) is 6.12. The van der Waals surface area contributed by atoms with Gasteiger partial charge in [-0.1, -0.05) is 48.0 Å². The lowest BCUT2D eigenvalue weighted by Gasteiger charge is -2.13. The summed E-state index contributed by atoms with van der Waals surface area (Å²) in [7, 11) is 1.65. The summed E-state index contributed by atoms with van der Waals surface area (Å²) in [5.74, 6) is 0.832. The number of carbonyl (C=O) groups excluding carboxylic acids is 1. The lowest BCUT2D eigenvalue weighted by atomic mass is 10.1. The minimum absolute atomic E-state index is 0.230. The molecule has 1 atom stereocenters. The SMILES string of the molecule is COc1ccc(C)cc1CCNC(=O)NCCC(O)c1ccccc1. The highest BCUT2D eigenvalue weighted by Crippen LogP contribution is 2.19. The minimum Gasteiger partial charge on any atom is -0.496 e. The van der Waals surface area contributed by atoms with Crippen LogP contribution >= 0.6 is 0 Å². The van der Waals surface area contributed by atoms with Crippen molar-refractivity contribution in [3.63, 3.8) is 0 Å². The monoisotopic (exact) mass is 342 g/mol. The lowest BCUT2D eigenvalue weighted by molar-refractivity contribution is 0.167. The molecular weight excluding hydrogens is 316 g/mol. The minimum atomic E-state index is -0.571. The molecule has 0 radical (unpaired) electrons. The zero-order chi connectivity index (χ0) is 18.1. The molecule has 5 nitrogen and oxygen atoms in total. The topological polar surface area (TPSA) is 70.6 Å². The van der Waals surface area contributed by atoms with Crippen molar-refractivity contribution in [1.29, 1.82) is 0 Å². The lowest BCUT2D eigenvalue weighted by Crippen LogP contribution is -2.37. The normalized spacial score (nSPS) is 11.6. The number of hydrogen-bond donors (Lipinski definition) is 3. The number of aryl methyl sites for hydroxylation is 1. The van der Waals surface area contributed by atoms with Crippen LogP contribution in [0.15, 0.2) is 48.5 Å². The second-order valence-corrected chi connectivity index (χ2v) is 5.96. The number of rotatable bonds is 8. The Labute approximate surface area is 149 Å². The molecule has 3 N–H and O–H groups in total. The van der Waals surface area contributed by atoms with Crippen LogP contribution in [0.1, 0.15) is 29.2 Å². The van der Waals surface area contributed by atoms with Crippen LogP contribution in [0, 0.1) is 6.92 Å². The summed E-state index contributed by atoms with van der Waals surface area (Å²) in [5.41, 5.74) is 3.09. The number of aliphatic hydroxyl groups is 1. The molecule has 25 heavy (non-hydrogen) atoms. The van der Waals surface area contributed by atoms with Gasteiger partial charge in [0, 0.05) is 13.1 Å². The van der Waals surface area contributed by atoms with Crippen molar-refractivity contribution >= 4 is 6.03 Å². The summed E-state index contributed by atoms with van der Waals surface area (Å²) in [6.07, 6.45) is 0.603. The molecule has 2 amide bonds. The van der Waals surface area contributed by atoms with E-state index < -0.39 is 6.10 Å².